The van der Waals surface area contributed by atoms with Crippen molar-refractivity contribution < 1.29 is 14.6 Å². The zero-order valence-corrected chi connectivity index (χ0v) is 8.69. The van der Waals surface area contributed by atoms with Crippen molar-refractivity contribution >= 4 is 0 Å². The number of fused-ring (bicyclic) bond motifs is 1. The molecule has 0 saturated heterocycles. The van der Waals surface area contributed by atoms with Crippen LogP contribution in [0.5, 0.6) is 17.2 Å². The lowest BCUT2D eigenvalue weighted by Gasteiger charge is -2.22. The van der Waals surface area contributed by atoms with E-state index in [-0.39, 0.29) is 11.8 Å². The zero-order valence-electron chi connectivity index (χ0n) is 8.69. The number of nitrogens with two attached hydrogens (primary N) is 1. The Morgan fingerprint density at radius 3 is 2.87 bits per heavy atom. The Labute approximate surface area is 88.6 Å². The highest BCUT2D eigenvalue weighted by atomic mass is 16.6. The number of benzene rings is 1. The van der Waals surface area contributed by atoms with E-state index in [1.165, 1.54) is 0 Å². The van der Waals surface area contributed by atoms with Gasteiger partial charge >= 0.3 is 0 Å². The smallest absolute Gasteiger partial charge is 0.168 e. The second kappa shape index (κ2) is 3.98. The van der Waals surface area contributed by atoms with Gasteiger partial charge < -0.3 is 20.3 Å². The molecule has 0 aliphatic carbocycles. The molecule has 1 aromatic carbocycles. The maximum atomic E-state index is 9.72. The van der Waals surface area contributed by atoms with E-state index in [1.54, 1.807) is 12.1 Å². The molecular weight excluding hydrogens is 194 g/mol. The Morgan fingerprint density at radius 2 is 2.13 bits per heavy atom. The molecule has 1 aromatic rings. The van der Waals surface area contributed by atoms with E-state index in [4.69, 9.17) is 15.2 Å². The molecule has 0 aromatic heterocycles. The van der Waals surface area contributed by atoms with Crippen LogP contribution in [0.1, 0.15) is 12.5 Å². The summed E-state index contributed by atoms with van der Waals surface area (Å²) in [6.45, 7) is 2.96. The summed E-state index contributed by atoms with van der Waals surface area (Å²) in [7, 11) is 0. The predicted octanol–water partition coefficient (Wildman–Crippen LogP) is 1.05. The standard InChI is InChI=1S/C11H15NO3/c1-7(12)6-8-9(13)2-3-10-11(8)15-5-4-14-10/h2-3,7,13H,4-6,12H2,1H3. The summed E-state index contributed by atoms with van der Waals surface area (Å²) < 4.78 is 10.9. The first-order valence-corrected chi connectivity index (χ1v) is 5.04. The van der Waals surface area contributed by atoms with Gasteiger partial charge in [0.2, 0.25) is 0 Å². The van der Waals surface area contributed by atoms with Crippen LogP contribution in [0.3, 0.4) is 0 Å². The average molecular weight is 209 g/mol. The summed E-state index contributed by atoms with van der Waals surface area (Å²) in [5.41, 5.74) is 6.46. The molecule has 4 heteroatoms. The zero-order chi connectivity index (χ0) is 10.8. The number of hydrogen-bond donors (Lipinski definition) is 2. The van der Waals surface area contributed by atoms with Crippen LogP contribution in [-0.2, 0) is 6.42 Å². The molecule has 0 amide bonds. The minimum Gasteiger partial charge on any atom is -0.508 e. The second-order valence-corrected chi connectivity index (χ2v) is 3.77. The fourth-order valence-corrected chi connectivity index (χ4v) is 1.68. The van der Waals surface area contributed by atoms with E-state index in [2.05, 4.69) is 0 Å². The van der Waals surface area contributed by atoms with E-state index in [1.807, 2.05) is 6.92 Å². The van der Waals surface area contributed by atoms with Gasteiger partial charge in [-0.2, -0.15) is 0 Å². The molecule has 15 heavy (non-hydrogen) atoms. The van der Waals surface area contributed by atoms with Crippen molar-refractivity contribution in [3.05, 3.63) is 17.7 Å². The summed E-state index contributed by atoms with van der Waals surface area (Å²) in [6.07, 6.45) is 0.582. The summed E-state index contributed by atoms with van der Waals surface area (Å²) in [6, 6.07) is 3.31. The third-order valence-electron chi connectivity index (χ3n) is 2.31. The Kier molecular flexibility index (Phi) is 2.68. The average Bonchev–Trinajstić information content (AvgIpc) is 2.22. The molecule has 0 fully saturated rings. The molecule has 82 valence electrons. The lowest BCUT2D eigenvalue weighted by Crippen LogP contribution is -2.21. The normalized spacial score (nSPS) is 16.1. The number of hydrogen-bond acceptors (Lipinski definition) is 4. The van der Waals surface area contributed by atoms with Gasteiger partial charge in [0.15, 0.2) is 11.5 Å². The third-order valence-corrected chi connectivity index (χ3v) is 2.31. The second-order valence-electron chi connectivity index (χ2n) is 3.77. The van der Waals surface area contributed by atoms with Crippen LogP contribution < -0.4 is 15.2 Å². The van der Waals surface area contributed by atoms with Crippen LogP contribution in [0.2, 0.25) is 0 Å². The van der Waals surface area contributed by atoms with Crippen molar-refractivity contribution in [3.8, 4) is 17.2 Å². The first-order valence-electron chi connectivity index (χ1n) is 5.04. The maximum absolute atomic E-state index is 9.72. The highest BCUT2D eigenvalue weighted by molar-refractivity contribution is 5.54. The minimum atomic E-state index is -0.0204. The first-order chi connectivity index (χ1) is 7.18. The van der Waals surface area contributed by atoms with Gasteiger partial charge in [0, 0.05) is 11.6 Å². The van der Waals surface area contributed by atoms with Gasteiger partial charge in [-0.05, 0) is 25.5 Å². The van der Waals surface area contributed by atoms with Crippen LogP contribution in [0.25, 0.3) is 0 Å². The predicted molar refractivity (Wildman–Crippen MR) is 56.5 cm³/mol. The van der Waals surface area contributed by atoms with Crippen molar-refractivity contribution in [2.24, 2.45) is 5.73 Å². The fourth-order valence-electron chi connectivity index (χ4n) is 1.68. The molecular formula is C11H15NO3. The SMILES string of the molecule is CC(N)Cc1c(O)ccc2c1OCCO2. The molecule has 0 saturated carbocycles. The molecule has 0 bridgehead atoms. The van der Waals surface area contributed by atoms with Gasteiger partial charge in [-0.1, -0.05) is 0 Å². The highest BCUT2D eigenvalue weighted by Gasteiger charge is 2.19. The number of aromatic hydroxyl groups is 1. The third kappa shape index (κ3) is 1.99. The lowest BCUT2D eigenvalue weighted by molar-refractivity contribution is 0.169. The van der Waals surface area contributed by atoms with Crippen LogP contribution in [0.4, 0.5) is 0 Å². The molecule has 1 atom stereocenters. The number of phenols is 1. The van der Waals surface area contributed by atoms with Gasteiger partial charge in [-0.3, -0.25) is 0 Å². The van der Waals surface area contributed by atoms with Gasteiger partial charge in [-0.25, -0.2) is 0 Å². The van der Waals surface area contributed by atoms with E-state index in [0.29, 0.717) is 31.1 Å². The largest absolute Gasteiger partial charge is 0.508 e. The number of ether oxygens (including phenoxy) is 2. The molecule has 4 nitrogen and oxygen atoms in total. The summed E-state index contributed by atoms with van der Waals surface area (Å²) >= 11 is 0. The van der Waals surface area contributed by atoms with Crippen LogP contribution in [-0.4, -0.2) is 24.4 Å². The number of rotatable bonds is 2. The Bertz CT molecular complexity index is 363. The topological polar surface area (TPSA) is 64.7 Å². The highest BCUT2D eigenvalue weighted by Crippen LogP contribution is 2.39. The van der Waals surface area contributed by atoms with Crippen molar-refractivity contribution in [1.82, 2.24) is 0 Å². The van der Waals surface area contributed by atoms with E-state index >= 15 is 0 Å². The molecule has 3 N–H and O–H groups in total. The maximum Gasteiger partial charge on any atom is 0.168 e. The first kappa shape index (κ1) is 10.1. The van der Waals surface area contributed by atoms with E-state index in [0.717, 1.165) is 5.56 Å². The van der Waals surface area contributed by atoms with Gasteiger partial charge in [-0.15, -0.1) is 0 Å². The molecule has 1 aliphatic rings. The molecule has 1 unspecified atom stereocenters. The van der Waals surface area contributed by atoms with Gasteiger partial charge in [0.1, 0.15) is 19.0 Å². The molecule has 0 radical (unpaired) electrons. The fraction of sp³-hybridized carbons (Fsp3) is 0.455. The van der Waals surface area contributed by atoms with E-state index in [9.17, 15) is 5.11 Å². The van der Waals surface area contributed by atoms with Crippen LogP contribution in [0, 0.1) is 0 Å². The minimum absolute atomic E-state index is 0.0204. The molecule has 1 aliphatic heterocycles. The number of phenolic OH excluding ortho intramolecular Hbond substituents is 1. The Morgan fingerprint density at radius 1 is 1.40 bits per heavy atom. The van der Waals surface area contributed by atoms with Crippen molar-refractivity contribution in [2.45, 2.75) is 19.4 Å². The van der Waals surface area contributed by atoms with Crippen LogP contribution >= 0.6 is 0 Å². The van der Waals surface area contributed by atoms with Crippen molar-refractivity contribution in [2.75, 3.05) is 13.2 Å². The summed E-state index contributed by atoms with van der Waals surface area (Å²) in [5, 5.41) is 9.72. The van der Waals surface area contributed by atoms with E-state index < -0.39 is 0 Å². The Balaban J connectivity index is 2.41. The summed E-state index contributed by atoms with van der Waals surface area (Å²) in [5.74, 6) is 1.55. The summed E-state index contributed by atoms with van der Waals surface area (Å²) in [4.78, 5) is 0. The Hall–Kier alpha value is -1.42. The van der Waals surface area contributed by atoms with Crippen molar-refractivity contribution in [3.63, 3.8) is 0 Å². The molecule has 0 spiro atoms. The van der Waals surface area contributed by atoms with Gasteiger partial charge in [0.05, 0.1) is 0 Å². The van der Waals surface area contributed by atoms with Gasteiger partial charge in [0.25, 0.3) is 0 Å². The van der Waals surface area contributed by atoms with Crippen molar-refractivity contribution in [1.29, 1.82) is 0 Å². The lowest BCUT2D eigenvalue weighted by atomic mass is 10.0. The quantitative estimate of drug-likeness (QED) is 0.764. The monoisotopic (exact) mass is 209 g/mol. The van der Waals surface area contributed by atoms with Crippen LogP contribution in [0.15, 0.2) is 12.1 Å². The molecule has 2 rings (SSSR count). The molecule has 1 heterocycles.